The van der Waals surface area contributed by atoms with Gasteiger partial charge in [0.05, 0.1) is 7.11 Å². The number of nitrogens with zero attached hydrogens (tertiary/aromatic N) is 2. The van der Waals surface area contributed by atoms with Crippen LogP contribution >= 0.6 is 24.0 Å². The number of halogens is 1. The van der Waals surface area contributed by atoms with E-state index in [1.807, 2.05) is 19.2 Å². The van der Waals surface area contributed by atoms with Crippen molar-refractivity contribution in [3.05, 3.63) is 29.8 Å². The van der Waals surface area contributed by atoms with Crippen LogP contribution in [0.5, 0.6) is 5.75 Å². The van der Waals surface area contributed by atoms with Crippen molar-refractivity contribution in [1.82, 2.24) is 10.2 Å². The van der Waals surface area contributed by atoms with E-state index in [2.05, 4.69) is 48.2 Å². The molecular formula is C16H26IN3O. The molecule has 5 heteroatoms. The van der Waals surface area contributed by atoms with Crippen molar-refractivity contribution in [2.75, 3.05) is 21.2 Å². The van der Waals surface area contributed by atoms with Gasteiger partial charge in [-0.1, -0.05) is 26.0 Å². The molecule has 1 aliphatic rings. The molecule has 21 heavy (non-hydrogen) atoms. The standard InChI is InChI=1S/C16H25N3O.HI/c1-16(2)10-14(16)18-15(17-3)19(4)11-12-7-6-8-13(9-12)20-5;/h6-9,14H,10-11H2,1-5H3,(H,17,18);1H. The van der Waals surface area contributed by atoms with Crippen LogP contribution in [-0.2, 0) is 6.54 Å². The monoisotopic (exact) mass is 403 g/mol. The van der Waals surface area contributed by atoms with Crippen molar-refractivity contribution in [2.45, 2.75) is 32.9 Å². The first-order chi connectivity index (χ1) is 9.46. The first-order valence-electron chi connectivity index (χ1n) is 7.03. The number of benzene rings is 1. The molecule has 1 aromatic rings. The predicted molar refractivity (Wildman–Crippen MR) is 98.6 cm³/mol. The van der Waals surface area contributed by atoms with Gasteiger partial charge in [0.25, 0.3) is 0 Å². The molecule has 4 nitrogen and oxygen atoms in total. The SMILES string of the molecule is CN=C(NC1CC1(C)C)N(C)Cc1cccc(OC)c1.I. The van der Waals surface area contributed by atoms with E-state index >= 15 is 0 Å². The maximum absolute atomic E-state index is 5.26. The van der Waals surface area contributed by atoms with Gasteiger partial charge < -0.3 is 15.0 Å². The van der Waals surface area contributed by atoms with Crippen molar-refractivity contribution in [3.8, 4) is 5.75 Å². The van der Waals surface area contributed by atoms with Crippen molar-refractivity contribution in [2.24, 2.45) is 10.4 Å². The summed E-state index contributed by atoms with van der Waals surface area (Å²) in [7, 11) is 5.59. The average molecular weight is 403 g/mol. The highest BCUT2D eigenvalue weighted by Crippen LogP contribution is 2.44. The number of nitrogens with one attached hydrogen (secondary N) is 1. The molecular weight excluding hydrogens is 377 g/mol. The van der Waals surface area contributed by atoms with Gasteiger partial charge in [-0.25, -0.2) is 0 Å². The van der Waals surface area contributed by atoms with E-state index in [0.29, 0.717) is 11.5 Å². The van der Waals surface area contributed by atoms with Crippen LogP contribution in [0.15, 0.2) is 29.3 Å². The number of hydrogen-bond donors (Lipinski definition) is 1. The van der Waals surface area contributed by atoms with Crippen molar-refractivity contribution in [1.29, 1.82) is 0 Å². The first kappa shape index (κ1) is 18.1. The highest BCUT2D eigenvalue weighted by molar-refractivity contribution is 14.0. The van der Waals surface area contributed by atoms with E-state index in [1.54, 1.807) is 7.11 Å². The van der Waals surface area contributed by atoms with E-state index < -0.39 is 0 Å². The molecule has 1 atom stereocenters. The summed E-state index contributed by atoms with van der Waals surface area (Å²) in [6.45, 7) is 5.37. The molecule has 0 aliphatic heterocycles. The predicted octanol–water partition coefficient (Wildman–Crippen LogP) is 3.12. The van der Waals surface area contributed by atoms with Crippen LogP contribution in [0.2, 0.25) is 0 Å². The molecule has 2 rings (SSSR count). The summed E-state index contributed by atoms with van der Waals surface area (Å²) in [5, 5.41) is 3.52. The minimum Gasteiger partial charge on any atom is -0.497 e. The van der Waals surface area contributed by atoms with Gasteiger partial charge >= 0.3 is 0 Å². The van der Waals surface area contributed by atoms with E-state index in [9.17, 15) is 0 Å². The minimum atomic E-state index is 0. The maximum Gasteiger partial charge on any atom is 0.193 e. The minimum absolute atomic E-state index is 0. The first-order valence-corrected chi connectivity index (χ1v) is 7.03. The van der Waals surface area contributed by atoms with Crippen LogP contribution in [0, 0.1) is 5.41 Å². The third kappa shape index (κ3) is 4.76. The number of rotatable bonds is 4. The van der Waals surface area contributed by atoms with Crippen molar-refractivity contribution >= 4 is 29.9 Å². The summed E-state index contributed by atoms with van der Waals surface area (Å²) in [5.41, 5.74) is 1.61. The molecule has 1 N–H and O–H groups in total. The van der Waals surface area contributed by atoms with Gasteiger partial charge in [0, 0.05) is 26.7 Å². The summed E-state index contributed by atoms with van der Waals surface area (Å²) >= 11 is 0. The molecule has 1 saturated carbocycles. The summed E-state index contributed by atoms with van der Waals surface area (Å²) in [6.07, 6.45) is 1.21. The van der Waals surface area contributed by atoms with Crippen LogP contribution in [0.25, 0.3) is 0 Å². The molecule has 0 radical (unpaired) electrons. The molecule has 0 heterocycles. The molecule has 0 amide bonds. The number of guanidine groups is 1. The van der Waals surface area contributed by atoms with Crippen LogP contribution in [0.1, 0.15) is 25.8 Å². The lowest BCUT2D eigenvalue weighted by molar-refractivity contribution is 0.412. The van der Waals surface area contributed by atoms with Gasteiger partial charge in [-0.2, -0.15) is 0 Å². The second-order valence-corrected chi connectivity index (χ2v) is 6.14. The third-order valence-corrected chi connectivity index (χ3v) is 3.94. The number of ether oxygens (including phenoxy) is 1. The Morgan fingerprint density at radius 1 is 1.48 bits per heavy atom. The lowest BCUT2D eigenvalue weighted by Crippen LogP contribution is -2.40. The van der Waals surface area contributed by atoms with Gasteiger partial charge in [-0.05, 0) is 29.5 Å². The Bertz CT molecular complexity index is 502. The van der Waals surface area contributed by atoms with E-state index in [1.165, 1.54) is 12.0 Å². The zero-order valence-electron chi connectivity index (χ0n) is 13.5. The summed E-state index contributed by atoms with van der Waals surface area (Å²) < 4.78 is 5.26. The van der Waals surface area contributed by atoms with E-state index in [-0.39, 0.29) is 24.0 Å². The zero-order chi connectivity index (χ0) is 14.8. The largest absolute Gasteiger partial charge is 0.497 e. The lowest BCUT2D eigenvalue weighted by atomic mass is 10.2. The van der Waals surface area contributed by atoms with Crippen LogP contribution < -0.4 is 10.1 Å². The Balaban J connectivity index is 0.00000220. The van der Waals surface area contributed by atoms with Crippen LogP contribution in [0.3, 0.4) is 0 Å². The fourth-order valence-electron chi connectivity index (χ4n) is 2.33. The Morgan fingerprint density at radius 2 is 2.14 bits per heavy atom. The Morgan fingerprint density at radius 3 is 2.67 bits per heavy atom. The molecule has 0 spiro atoms. The number of methoxy groups -OCH3 is 1. The quantitative estimate of drug-likeness (QED) is 0.477. The molecule has 1 aromatic carbocycles. The van der Waals surface area contributed by atoms with Crippen molar-refractivity contribution < 1.29 is 4.74 Å². The Kier molecular flexibility index (Phi) is 6.31. The summed E-state index contributed by atoms with van der Waals surface area (Å²) in [5.74, 6) is 1.84. The molecule has 0 aromatic heterocycles. The number of aliphatic imine (C=N–C) groups is 1. The number of hydrogen-bond acceptors (Lipinski definition) is 2. The molecule has 1 unspecified atom stereocenters. The molecule has 0 saturated heterocycles. The molecule has 118 valence electrons. The van der Waals surface area contributed by atoms with Crippen LogP contribution in [0.4, 0.5) is 0 Å². The summed E-state index contributed by atoms with van der Waals surface area (Å²) in [6, 6.07) is 8.68. The van der Waals surface area contributed by atoms with Crippen LogP contribution in [-0.4, -0.2) is 38.1 Å². The average Bonchev–Trinajstić information content (AvgIpc) is 3.03. The third-order valence-electron chi connectivity index (χ3n) is 3.94. The fraction of sp³-hybridized carbons (Fsp3) is 0.562. The Hall–Kier alpha value is -0.980. The fourth-order valence-corrected chi connectivity index (χ4v) is 2.33. The van der Waals surface area contributed by atoms with Gasteiger partial charge in [0.2, 0.25) is 0 Å². The topological polar surface area (TPSA) is 36.9 Å². The smallest absolute Gasteiger partial charge is 0.193 e. The summed E-state index contributed by atoms with van der Waals surface area (Å²) in [4.78, 5) is 6.51. The van der Waals surface area contributed by atoms with Gasteiger partial charge in [-0.3, -0.25) is 4.99 Å². The lowest BCUT2D eigenvalue weighted by Gasteiger charge is -2.23. The van der Waals surface area contributed by atoms with Gasteiger partial charge in [-0.15, -0.1) is 24.0 Å². The van der Waals surface area contributed by atoms with Gasteiger partial charge in [0.1, 0.15) is 5.75 Å². The molecule has 1 fully saturated rings. The van der Waals surface area contributed by atoms with Gasteiger partial charge in [0.15, 0.2) is 5.96 Å². The zero-order valence-corrected chi connectivity index (χ0v) is 15.8. The second-order valence-electron chi connectivity index (χ2n) is 6.14. The molecule has 1 aliphatic carbocycles. The highest BCUT2D eigenvalue weighted by atomic mass is 127. The maximum atomic E-state index is 5.26. The van der Waals surface area contributed by atoms with Crippen molar-refractivity contribution in [3.63, 3.8) is 0 Å². The van der Waals surface area contributed by atoms with E-state index in [4.69, 9.17) is 4.74 Å². The second kappa shape index (κ2) is 7.33. The Labute approximate surface area is 145 Å². The molecule has 0 bridgehead atoms. The van der Waals surface area contributed by atoms with E-state index in [0.717, 1.165) is 18.3 Å². The normalized spacial score (nSPS) is 19.5. The highest BCUT2D eigenvalue weighted by Gasteiger charge is 2.46.